The second-order valence-electron chi connectivity index (χ2n) is 8.33. The maximum absolute atomic E-state index is 12.9. The topological polar surface area (TPSA) is 118 Å². The molecule has 0 heterocycles. The maximum Gasteiger partial charge on any atom is 0.339 e. The van der Waals surface area contributed by atoms with Crippen molar-refractivity contribution < 1.29 is 34.1 Å². The van der Waals surface area contributed by atoms with Gasteiger partial charge in [-0.15, -0.1) is 0 Å². The molecule has 2 aliphatic rings. The van der Waals surface area contributed by atoms with Crippen molar-refractivity contribution in [1.29, 1.82) is 0 Å². The van der Waals surface area contributed by atoms with Crippen LogP contribution in [0.15, 0.2) is 109 Å². The first-order chi connectivity index (χ1) is 16.8. The Labute approximate surface area is 201 Å². The van der Waals surface area contributed by atoms with Crippen LogP contribution in [0, 0.1) is 10.8 Å². The summed E-state index contributed by atoms with van der Waals surface area (Å²) < 4.78 is 4.90. The minimum atomic E-state index is -2.25. The Hall–Kier alpha value is -4.52. The van der Waals surface area contributed by atoms with E-state index in [1.165, 1.54) is 24.3 Å². The molecule has 2 aliphatic carbocycles. The Morgan fingerprint density at radius 3 is 1.17 bits per heavy atom. The summed E-state index contributed by atoms with van der Waals surface area (Å²) in [6.45, 7) is 0. The summed E-state index contributed by atoms with van der Waals surface area (Å²) in [5, 5.41) is 19.6. The molecule has 7 heteroatoms. The molecule has 7 nitrogen and oxygen atoms in total. The highest BCUT2D eigenvalue weighted by Gasteiger charge is 2.51. The van der Waals surface area contributed by atoms with E-state index in [1.807, 2.05) is 60.7 Å². The first-order valence-corrected chi connectivity index (χ1v) is 10.9. The van der Waals surface area contributed by atoms with Crippen LogP contribution in [-0.2, 0) is 23.9 Å². The Bertz CT molecular complexity index is 1140. The average molecular weight is 470 g/mol. The molecule has 0 aliphatic heterocycles. The van der Waals surface area contributed by atoms with Gasteiger partial charge in [-0.2, -0.15) is 0 Å². The van der Waals surface area contributed by atoms with Crippen molar-refractivity contribution in [3.05, 3.63) is 120 Å². The summed E-state index contributed by atoms with van der Waals surface area (Å²) in [5.74, 6) is -6.40. The smallest absolute Gasteiger partial charge is 0.339 e. The predicted molar refractivity (Wildman–Crippen MR) is 126 cm³/mol. The van der Waals surface area contributed by atoms with E-state index in [-0.39, 0.29) is 11.8 Å². The van der Waals surface area contributed by atoms with Crippen LogP contribution in [0.3, 0.4) is 0 Å². The SMILES string of the molecule is O=C(O)C1(C(=O)OC(=O)C2(C(=O)O)C=CC(c3ccccc3)C=C2)C=CC(c2ccccc2)C=C1. The summed E-state index contributed by atoms with van der Waals surface area (Å²) in [5.41, 5.74) is -2.73. The van der Waals surface area contributed by atoms with Crippen LogP contribution < -0.4 is 0 Å². The van der Waals surface area contributed by atoms with Gasteiger partial charge in [0.05, 0.1) is 0 Å². The Morgan fingerprint density at radius 2 is 0.886 bits per heavy atom. The van der Waals surface area contributed by atoms with Crippen molar-refractivity contribution in [3.63, 3.8) is 0 Å². The van der Waals surface area contributed by atoms with Crippen molar-refractivity contribution >= 4 is 23.9 Å². The molecule has 176 valence electrons. The first-order valence-electron chi connectivity index (χ1n) is 10.9. The van der Waals surface area contributed by atoms with Gasteiger partial charge in [0, 0.05) is 11.8 Å². The van der Waals surface area contributed by atoms with Crippen LogP contribution in [0.4, 0.5) is 0 Å². The number of carbonyl (C=O) groups excluding carboxylic acids is 2. The zero-order valence-electron chi connectivity index (χ0n) is 18.5. The van der Waals surface area contributed by atoms with Gasteiger partial charge in [0.15, 0.2) is 0 Å². The molecule has 0 amide bonds. The van der Waals surface area contributed by atoms with Gasteiger partial charge in [-0.25, -0.2) is 9.59 Å². The molecule has 0 atom stereocenters. The summed E-state index contributed by atoms with van der Waals surface area (Å²) in [6.07, 6.45) is 10.8. The minimum absolute atomic E-state index is 0.267. The number of hydrogen-bond acceptors (Lipinski definition) is 5. The molecule has 4 rings (SSSR count). The molecule has 0 spiro atoms. The fraction of sp³-hybridized carbons (Fsp3) is 0.143. The summed E-state index contributed by atoms with van der Waals surface area (Å²) in [7, 11) is 0. The van der Waals surface area contributed by atoms with Crippen LogP contribution in [0.25, 0.3) is 0 Å². The Morgan fingerprint density at radius 1 is 0.571 bits per heavy atom. The number of rotatable bonds is 6. The first kappa shape index (κ1) is 23.6. The molecular weight excluding hydrogens is 448 g/mol. The second kappa shape index (κ2) is 9.38. The third kappa shape index (κ3) is 4.36. The average Bonchev–Trinajstić information content (AvgIpc) is 2.89. The van der Waals surface area contributed by atoms with E-state index >= 15 is 0 Å². The fourth-order valence-electron chi connectivity index (χ4n) is 4.04. The van der Waals surface area contributed by atoms with E-state index in [2.05, 4.69) is 0 Å². The summed E-state index contributed by atoms with van der Waals surface area (Å²) in [4.78, 5) is 50.0. The fourth-order valence-corrected chi connectivity index (χ4v) is 4.04. The third-order valence-corrected chi connectivity index (χ3v) is 6.20. The molecule has 0 unspecified atom stereocenters. The lowest BCUT2D eigenvalue weighted by molar-refractivity contribution is -0.174. The van der Waals surface area contributed by atoms with Crippen molar-refractivity contribution in [2.24, 2.45) is 10.8 Å². The van der Waals surface area contributed by atoms with E-state index in [9.17, 15) is 29.4 Å². The number of carboxylic acids is 2. The highest BCUT2D eigenvalue weighted by Crippen LogP contribution is 2.37. The van der Waals surface area contributed by atoms with Crippen LogP contribution in [0.1, 0.15) is 23.0 Å². The van der Waals surface area contributed by atoms with E-state index in [4.69, 9.17) is 4.74 Å². The molecule has 0 fully saturated rings. The van der Waals surface area contributed by atoms with Crippen molar-refractivity contribution in [2.45, 2.75) is 11.8 Å². The number of allylic oxidation sites excluding steroid dienone is 4. The zero-order chi connectivity index (χ0) is 25.1. The highest BCUT2D eigenvalue weighted by atomic mass is 16.6. The van der Waals surface area contributed by atoms with E-state index in [0.29, 0.717) is 0 Å². The molecule has 0 radical (unpaired) electrons. The van der Waals surface area contributed by atoms with Gasteiger partial charge < -0.3 is 14.9 Å². The van der Waals surface area contributed by atoms with Gasteiger partial charge in [-0.05, 0) is 11.1 Å². The van der Waals surface area contributed by atoms with E-state index < -0.39 is 34.7 Å². The molecule has 35 heavy (non-hydrogen) atoms. The lowest BCUT2D eigenvalue weighted by Gasteiger charge is -2.28. The molecule has 2 N–H and O–H groups in total. The van der Waals surface area contributed by atoms with E-state index in [0.717, 1.165) is 35.4 Å². The van der Waals surface area contributed by atoms with Crippen molar-refractivity contribution in [2.75, 3.05) is 0 Å². The van der Waals surface area contributed by atoms with Crippen molar-refractivity contribution in [3.8, 4) is 0 Å². The number of aliphatic carboxylic acids is 2. The van der Waals surface area contributed by atoms with Crippen molar-refractivity contribution in [1.82, 2.24) is 0 Å². The number of carboxylic acid groups (broad SMARTS) is 2. The van der Waals surface area contributed by atoms with Gasteiger partial charge in [0.2, 0.25) is 10.8 Å². The van der Waals surface area contributed by atoms with Crippen LogP contribution in [0.5, 0.6) is 0 Å². The molecule has 2 aromatic rings. The Balaban J connectivity index is 1.55. The molecule has 0 saturated heterocycles. The number of esters is 2. The second-order valence-corrected chi connectivity index (χ2v) is 8.33. The largest absolute Gasteiger partial charge is 0.480 e. The van der Waals surface area contributed by atoms with Gasteiger partial charge in [0.1, 0.15) is 0 Å². The Kier molecular flexibility index (Phi) is 6.34. The monoisotopic (exact) mass is 470 g/mol. The lowest BCUT2D eigenvalue weighted by atomic mass is 9.78. The molecule has 0 bridgehead atoms. The standard InChI is InChI=1S/C28H22O7/c29-23(30)27(15-11-21(12-16-27)19-7-3-1-4-8-19)25(33)35-26(34)28(24(31)32)17-13-22(14-18-28)20-9-5-2-6-10-20/h1-18,21-22H,(H,29,30)(H,31,32). The van der Waals surface area contributed by atoms with Crippen LogP contribution in [-0.4, -0.2) is 34.1 Å². The van der Waals surface area contributed by atoms with Crippen LogP contribution >= 0.6 is 0 Å². The molecular formula is C28H22O7. The quantitative estimate of drug-likeness (QED) is 0.372. The zero-order valence-corrected chi connectivity index (χ0v) is 18.5. The van der Waals surface area contributed by atoms with Gasteiger partial charge >= 0.3 is 23.9 Å². The number of carbonyl (C=O) groups is 4. The van der Waals surface area contributed by atoms with E-state index in [1.54, 1.807) is 0 Å². The number of benzene rings is 2. The number of ether oxygens (including phenoxy) is 1. The molecule has 2 aromatic carbocycles. The summed E-state index contributed by atoms with van der Waals surface area (Å²) in [6, 6.07) is 18.5. The highest BCUT2D eigenvalue weighted by molar-refractivity contribution is 6.12. The van der Waals surface area contributed by atoms with Gasteiger partial charge in [-0.3, -0.25) is 9.59 Å². The third-order valence-electron chi connectivity index (χ3n) is 6.20. The lowest BCUT2D eigenvalue weighted by Crippen LogP contribution is -2.44. The normalized spacial score (nSPS) is 26.7. The van der Waals surface area contributed by atoms with Gasteiger partial charge in [0.25, 0.3) is 0 Å². The summed E-state index contributed by atoms with van der Waals surface area (Å²) >= 11 is 0. The molecule has 0 saturated carbocycles. The van der Waals surface area contributed by atoms with Crippen LogP contribution in [0.2, 0.25) is 0 Å². The predicted octanol–water partition coefficient (Wildman–Crippen LogP) is 4.02. The molecule has 0 aromatic heterocycles. The minimum Gasteiger partial charge on any atom is -0.480 e. The van der Waals surface area contributed by atoms with Gasteiger partial charge in [-0.1, -0.05) is 109 Å². The maximum atomic E-state index is 12.9. The number of hydrogen-bond donors (Lipinski definition) is 2.